The minimum Gasteiger partial charge on any atom is -0.286 e. The van der Waals surface area contributed by atoms with Crippen molar-refractivity contribution in [2.45, 2.75) is 37.7 Å². The molecule has 3 rings (SSSR count). The van der Waals surface area contributed by atoms with E-state index in [4.69, 9.17) is 0 Å². The number of nitro groups is 1. The van der Waals surface area contributed by atoms with Crippen molar-refractivity contribution in [1.82, 2.24) is 9.55 Å². The van der Waals surface area contributed by atoms with Gasteiger partial charge in [0.2, 0.25) is 0 Å². The van der Waals surface area contributed by atoms with Crippen molar-refractivity contribution < 1.29 is 4.92 Å². The summed E-state index contributed by atoms with van der Waals surface area (Å²) in [6.45, 7) is 4.90. The Labute approximate surface area is 159 Å². The van der Waals surface area contributed by atoms with E-state index >= 15 is 0 Å². The van der Waals surface area contributed by atoms with E-state index in [1.54, 1.807) is 16.7 Å². The average Bonchev–Trinajstić information content (AvgIpc) is 3.08. The van der Waals surface area contributed by atoms with Gasteiger partial charge >= 0.3 is 0 Å². The van der Waals surface area contributed by atoms with Crippen LogP contribution in [0.1, 0.15) is 25.8 Å². The van der Waals surface area contributed by atoms with E-state index in [2.05, 4.69) is 18.8 Å². The van der Waals surface area contributed by atoms with Crippen LogP contribution in [0, 0.1) is 16.0 Å². The molecule has 0 aliphatic carbocycles. The number of hydrogen-bond acceptors (Lipinski definition) is 6. The maximum Gasteiger partial charge on any atom is 0.272 e. The van der Waals surface area contributed by atoms with Crippen LogP contribution in [0.5, 0.6) is 0 Å². The fourth-order valence-electron chi connectivity index (χ4n) is 2.48. The van der Waals surface area contributed by atoms with Gasteiger partial charge in [0.15, 0.2) is 5.16 Å². The third-order valence-electron chi connectivity index (χ3n) is 3.98. The summed E-state index contributed by atoms with van der Waals surface area (Å²) in [4.78, 5) is 27.8. The Kier molecular flexibility index (Phi) is 5.73. The molecule has 0 unspecified atom stereocenters. The third kappa shape index (κ3) is 4.13. The van der Waals surface area contributed by atoms with Crippen LogP contribution in [0.15, 0.2) is 45.7 Å². The second kappa shape index (κ2) is 8.01. The fraction of sp³-hybridized carbons (Fsp3) is 0.333. The highest BCUT2D eigenvalue weighted by Crippen LogP contribution is 2.25. The Morgan fingerprint density at radius 3 is 2.65 bits per heavy atom. The first-order valence-corrected chi connectivity index (χ1v) is 10.2. The molecule has 8 heteroatoms. The molecule has 0 bridgehead atoms. The summed E-state index contributed by atoms with van der Waals surface area (Å²) in [5.74, 6) is 1.09. The Balaban J connectivity index is 1.86. The molecular formula is C18H19N3O3S2. The molecule has 0 saturated carbocycles. The van der Waals surface area contributed by atoms with E-state index in [0.29, 0.717) is 28.1 Å². The summed E-state index contributed by atoms with van der Waals surface area (Å²) in [5, 5.41) is 13.3. The molecule has 2 heterocycles. The van der Waals surface area contributed by atoms with Crippen molar-refractivity contribution in [3.05, 3.63) is 61.7 Å². The van der Waals surface area contributed by atoms with E-state index in [1.165, 1.54) is 35.2 Å². The van der Waals surface area contributed by atoms with Crippen LogP contribution in [-0.4, -0.2) is 14.5 Å². The van der Waals surface area contributed by atoms with Crippen LogP contribution in [0.4, 0.5) is 5.69 Å². The Morgan fingerprint density at radius 2 is 2.00 bits per heavy atom. The van der Waals surface area contributed by atoms with Gasteiger partial charge in [-0.15, -0.1) is 11.3 Å². The number of aromatic nitrogens is 2. The number of thiophene rings is 1. The third-order valence-corrected chi connectivity index (χ3v) is 5.92. The predicted molar refractivity (Wildman–Crippen MR) is 106 cm³/mol. The summed E-state index contributed by atoms with van der Waals surface area (Å²) in [5.41, 5.74) is 1.77. The van der Waals surface area contributed by atoms with E-state index in [1.807, 2.05) is 11.4 Å². The predicted octanol–water partition coefficient (Wildman–Crippen LogP) is 4.70. The first-order valence-electron chi connectivity index (χ1n) is 8.30. The van der Waals surface area contributed by atoms with Crippen molar-refractivity contribution in [3.63, 3.8) is 0 Å². The average molecular weight is 390 g/mol. The Bertz CT molecular complexity index is 978. The molecule has 0 N–H and O–H groups in total. The molecular weight excluding hydrogens is 370 g/mol. The SMILES string of the molecule is CC(C)CCn1c(SCc2ccc([N+](=O)[O-])cc2)nc2ccsc2c1=O. The van der Waals surface area contributed by atoms with E-state index in [9.17, 15) is 14.9 Å². The molecule has 1 aromatic carbocycles. The first-order chi connectivity index (χ1) is 12.5. The van der Waals surface area contributed by atoms with Crippen molar-refractivity contribution in [1.29, 1.82) is 0 Å². The summed E-state index contributed by atoms with van der Waals surface area (Å²) in [6.07, 6.45) is 0.906. The van der Waals surface area contributed by atoms with Crippen molar-refractivity contribution in [2.75, 3.05) is 0 Å². The number of nitrogens with zero attached hydrogens (tertiary/aromatic N) is 3. The van der Waals surface area contributed by atoms with Crippen molar-refractivity contribution in [2.24, 2.45) is 5.92 Å². The topological polar surface area (TPSA) is 78.0 Å². The van der Waals surface area contributed by atoms with Gasteiger partial charge in [-0.1, -0.05) is 37.7 Å². The van der Waals surface area contributed by atoms with Crippen LogP contribution in [0.3, 0.4) is 0 Å². The summed E-state index contributed by atoms with van der Waals surface area (Å²) in [6, 6.07) is 8.34. The van der Waals surface area contributed by atoms with Crippen LogP contribution in [0.2, 0.25) is 0 Å². The van der Waals surface area contributed by atoms with Gasteiger partial charge in [-0.25, -0.2) is 4.98 Å². The highest BCUT2D eigenvalue weighted by molar-refractivity contribution is 7.98. The summed E-state index contributed by atoms with van der Waals surface area (Å²) in [7, 11) is 0. The monoisotopic (exact) mass is 389 g/mol. The fourth-order valence-corrected chi connectivity index (χ4v) is 4.24. The number of nitro benzene ring substituents is 1. The highest BCUT2D eigenvalue weighted by atomic mass is 32.2. The zero-order chi connectivity index (χ0) is 18.7. The summed E-state index contributed by atoms with van der Waals surface area (Å²) < 4.78 is 2.45. The zero-order valence-electron chi connectivity index (χ0n) is 14.5. The van der Waals surface area contributed by atoms with Crippen LogP contribution in [-0.2, 0) is 12.3 Å². The van der Waals surface area contributed by atoms with Crippen molar-refractivity contribution >= 4 is 39.0 Å². The van der Waals surface area contributed by atoms with Gasteiger partial charge in [0.05, 0.1) is 10.4 Å². The lowest BCUT2D eigenvalue weighted by atomic mass is 10.1. The lowest BCUT2D eigenvalue weighted by molar-refractivity contribution is -0.384. The highest BCUT2D eigenvalue weighted by Gasteiger charge is 2.13. The number of benzene rings is 1. The molecule has 0 radical (unpaired) electrons. The van der Waals surface area contributed by atoms with Crippen LogP contribution < -0.4 is 5.56 Å². The normalized spacial score (nSPS) is 11.3. The van der Waals surface area contributed by atoms with Gasteiger partial charge in [-0.2, -0.15) is 0 Å². The maximum atomic E-state index is 12.8. The molecule has 0 fully saturated rings. The quantitative estimate of drug-likeness (QED) is 0.253. The largest absolute Gasteiger partial charge is 0.286 e. The molecule has 136 valence electrons. The number of fused-ring (bicyclic) bond motifs is 1. The number of hydrogen-bond donors (Lipinski definition) is 0. The molecule has 0 saturated heterocycles. The molecule has 0 amide bonds. The lowest BCUT2D eigenvalue weighted by Gasteiger charge is -2.13. The molecule has 0 aliphatic rings. The number of rotatable bonds is 7. The number of thioether (sulfide) groups is 1. The zero-order valence-corrected chi connectivity index (χ0v) is 16.2. The Hall–Kier alpha value is -2.19. The maximum absolute atomic E-state index is 12.8. The number of non-ortho nitro benzene ring substituents is 1. The van der Waals surface area contributed by atoms with E-state index < -0.39 is 4.92 Å². The second-order valence-corrected chi connectivity index (χ2v) is 8.24. The van der Waals surface area contributed by atoms with E-state index in [-0.39, 0.29) is 11.2 Å². The Morgan fingerprint density at radius 1 is 1.27 bits per heavy atom. The van der Waals surface area contributed by atoms with Gasteiger partial charge in [-0.05, 0) is 29.3 Å². The lowest BCUT2D eigenvalue weighted by Crippen LogP contribution is -2.23. The second-order valence-electron chi connectivity index (χ2n) is 6.38. The standard InChI is InChI=1S/C18H19N3O3S2/c1-12(2)7-9-20-17(22)16-15(8-10-25-16)19-18(20)26-11-13-3-5-14(6-4-13)21(23)24/h3-6,8,10,12H,7,9,11H2,1-2H3. The first kappa shape index (κ1) is 18.6. The van der Waals surface area contributed by atoms with Gasteiger partial charge in [0.1, 0.15) is 4.70 Å². The summed E-state index contributed by atoms with van der Waals surface area (Å²) >= 11 is 2.91. The van der Waals surface area contributed by atoms with Crippen molar-refractivity contribution in [3.8, 4) is 0 Å². The van der Waals surface area contributed by atoms with Gasteiger partial charge in [0.25, 0.3) is 11.2 Å². The van der Waals surface area contributed by atoms with Crippen LogP contribution >= 0.6 is 23.1 Å². The van der Waals surface area contributed by atoms with Gasteiger partial charge in [-0.3, -0.25) is 19.5 Å². The molecule has 3 aromatic rings. The van der Waals surface area contributed by atoms with Crippen LogP contribution in [0.25, 0.3) is 10.2 Å². The molecule has 0 spiro atoms. The molecule has 0 aliphatic heterocycles. The molecule has 6 nitrogen and oxygen atoms in total. The van der Waals surface area contributed by atoms with Gasteiger partial charge in [0, 0.05) is 24.4 Å². The van der Waals surface area contributed by atoms with Gasteiger partial charge < -0.3 is 0 Å². The minimum absolute atomic E-state index is 0.0110. The van der Waals surface area contributed by atoms with E-state index in [0.717, 1.165) is 17.5 Å². The molecule has 0 atom stereocenters. The molecule has 26 heavy (non-hydrogen) atoms. The minimum atomic E-state index is -0.410. The smallest absolute Gasteiger partial charge is 0.272 e. The molecule has 2 aromatic heterocycles.